The predicted molar refractivity (Wildman–Crippen MR) is 238 cm³/mol. The summed E-state index contributed by atoms with van der Waals surface area (Å²) in [5, 5.41) is 5.04. The minimum atomic E-state index is -0.171. The van der Waals surface area contributed by atoms with Gasteiger partial charge in [-0.15, -0.1) is 22.7 Å². The summed E-state index contributed by atoms with van der Waals surface area (Å²) in [4.78, 5) is 15.7. The quantitative estimate of drug-likeness (QED) is 0.175. The first kappa shape index (κ1) is 32.5. The molecule has 0 spiro atoms. The lowest BCUT2D eigenvalue weighted by atomic mass is 9.83. The van der Waals surface area contributed by atoms with Gasteiger partial charge in [-0.05, 0) is 70.8 Å². The minimum Gasteiger partial charge on any atom is -0.485 e. The highest BCUT2D eigenvalue weighted by atomic mass is 32.1. The van der Waals surface area contributed by atoms with Gasteiger partial charge < -0.3 is 4.74 Å². The van der Waals surface area contributed by atoms with Gasteiger partial charge in [0.15, 0.2) is 17.5 Å². The second-order valence-electron chi connectivity index (χ2n) is 14.7. The highest BCUT2D eigenvalue weighted by Gasteiger charge is 2.39. The Bertz CT molecular complexity index is 3290. The van der Waals surface area contributed by atoms with Crippen LogP contribution in [0.5, 0.6) is 5.75 Å². The van der Waals surface area contributed by atoms with E-state index in [4.69, 9.17) is 19.7 Å². The molecular formula is C51H31N3OS2. The van der Waals surface area contributed by atoms with Crippen molar-refractivity contribution in [2.75, 3.05) is 0 Å². The molecule has 268 valence electrons. The zero-order valence-corrected chi connectivity index (χ0v) is 32.1. The number of ether oxygens (including phenoxy) is 1. The summed E-state index contributed by atoms with van der Waals surface area (Å²) >= 11 is 3.66. The van der Waals surface area contributed by atoms with Crippen molar-refractivity contribution in [1.82, 2.24) is 15.0 Å². The van der Waals surface area contributed by atoms with Crippen LogP contribution in [0, 0.1) is 0 Å². The SMILES string of the molecule is C1=CC2Oc3cc(-c4cccc5sc6ccccc6c45)ccc3C2C(c2nc(-c3ccc(-c4ccccc4)cc3)nc(-c3ccc4sc5ccccc5c4c3)n2)=C1. The Labute approximate surface area is 336 Å². The molecule has 0 N–H and O–H groups in total. The smallest absolute Gasteiger partial charge is 0.164 e. The van der Waals surface area contributed by atoms with E-state index >= 15 is 0 Å². The van der Waals surface area contributed by atoms with Crippen LogP contribution >= 0.6 is 22.7 Å². The Morgan fingerprint density at radius 3 is 1.95 bits per heavy atom. The molecule has 2 atom stereocenters. The number of allylic oxidation sites excluding steroid dienone is 2. The number of thiophene rings is 2. The van der Waals surface area contributed by atoms with Crippen molar-refractivity contribution >= 4 is 68.6 Å². The van der Waals surface area contributed by atoms with E-state index in [0.29, 0.717) is 17.5 Å². The Morgan fingerprint density at radius 2 is 1.09 bits per heavy atom. The summed E-state index contributed by atoms with van der Waals surface area (Å²) in [5.74, 6) is 2.78. The average Bonchev–Trinajstić information content (AvgIpc) is 3.97. The molecule has 10 aromatic rings. The molecule has 2 aliphatic rings. The fourth-order valence-electron chi connectivity index (χ4n) is 8.62. The summed E-state index contributed by atoms with van der Waals surface area (Å²) in [5.41, 5.74) is 8.75. The Morgan fingerprint density at radius 1 is 0.456 bits per heavy atom. The molecule has 3 aromatic heterocycles. The van der Waals surface area contributed by atoms with E-state index in [2.05, 4.69) is 170 Å². The number of aromatic nitrogens is 3. The lowest BCUT2D eigenvalue weighted by molar-refractivity contribution is 0.271. The first-order valence-electron chi connectivity index (χ1n) is 19.2. The van der Waals surface area contributed by atoms with Crippen LogP contribution in [-0.4, -0.2) is 21.1 Å². The molecule has 0 bridgehead atoms. The van der Waals surface area contributed by atoms with Gasteiger partial charge >= 0.3 is 0 Å². The third kappa shape index (κ3) is 5.36. The van der Waals surface area contributed by atoms with Gasteiger partial charge in [-0.2, -0.15) is 0 Å². The third-order valence-corrected chi connectivity index (χ3v) is 13.6. The minimum absolute atomic E-state index is 0.0660. The average molecular weight is 766 g/mol. The zero-order valence-electron chi connectivity index (χ0n) is 30.5. The van der Waals surface area contributed by atoms with Crippen molar-refractivity contribution in [3.8, 4) is 50.8 Å². The predicted octanol–water partition coefficient (Wildman–Crippen LogP) is 13.8. The maximum absolute atomic E-state index is 6.78. The van der Waals surface area contributed by atoms with E-state index < -0.39 is 0 Å². The van der Waals surface area contributed by atoms with Gasteiger partial charge in [0.25, 0.3) is 0 Å². The molecule has 6 heteroatoms. The Kier molecular flexibility index (Phi) is 7.37. The van der Waals surface area contributed by atoms with Gasteiger partial charge in [0.05, 0.1) is 5.92 Å². The summed E-state index contributed by atoms with van der Waals surface area (Å²) in [7, 11) is 0. The maximum atomic E-state index is 6.78. The van der Waals surface area contributed by atoms with Gasteiger partial charge in [-0.1, -0.05) is 127 Å². The number of hydrogen-bond donors (Lipinski definition) is 0. The van der Waals surface area contributed by atoms with Crippen molar-refractivity contribution in [2.45, 2.75) is 12.0 Å². The summed E-state index contributed by atoms with van der Waals surface area (Å²) in [6.07, 6.45) is 6.23. The van der Waals surface area contributed by atoms with Crippen molar-refractivity contribution < 1.29 is 4.74 Å². The molecule has 0 amide bonds. The molecule has 4 heterocycles. The fourth-order valence-corrected chi connectivity index (χ4v) is 10.8. The standard InChI is InChI=1S/C51H31N3OS2/c1-2-10-30(11-3-1)31-20-22-32(23-21-31)49-52-50(34-25-27-45-40(28-34)36-12-4-6-17-43(36)56-45)54-51(53-49)39-15-8-16-41-47(39)37-26-24-33(29-42(37)55-41)35-14-9-19-46-48(35)38-13-5-7-18-44(38)57-46/h1-29,41,47H. The van der Waals surface area contributed by atoms with Crippen LogP contribution in [0.25, 0.3) is 90.9 Å². The van der Waals surface area contributed by atoms with Gasteiger partial charge in [-0.25, -0.2) is 15.0 Å². The number of benzene rings is 7. The molecule has 1 aliphatic heterocycles. The second kappa shape index (κ2) is 12.9. The van der Waals surface area contributed by atoms with Crippen molar-refractivity contribution in [3.63, 3.8) is 0 Å². The number of hydrogen-bond acceptors (Lipinski definition) is 6. The number of fused-ring (bicyclic) bond motifs is 9. The van der Waals surface area contributed by atoms with Crippen molar-refractivity contribution in [3.05, 3.63) is 187 Å². The largest absolute Gasteiger partial charge is 0.485 e. The molecule has 0 saturated carbocycles. The topological polar surface area (TPSA) is 47.9 Å². The van der Waals surface area contributed by atoms with Crippen molar-refractivity contribution in [1.29, 1.82) is 0 Å². The van der Waals surface area contributed by atoms with Crippen LogP contribution in [-0.2, 0) is 0 Å². The van der Waals surface area contributed by atoms with Crippen molar-refractivity contribution in [2.24, 2.45) is 0 Å². The molecule has 57 heavy (non-hydrogen) atoms. The molecule has 0 fully saturated rings. The van der Waals surface area contributed by atoms with Crippen LogP contribution in [0.4, 0.5) is 0 Å². The van der Waals surface area contributed by atoms with Crippen LogP contribution in [0.2, 0.25) is 0 Å². The Hall–Kier alpha value is -6.73. The molecule has 4 nitrogen and oxygen atoms in total. The first-order chi connectivity index (χ1) is 28.2. The zero-order chi connectivity index (χ0) is 37.5. The second-order valence-corrected chi connectivity index (χ2v) is 16.8. The van der Waals surface area contributed by atoms with Gasteiger partial charge in [0.1, 0.15) is 11.9 Å². The van der Waals surface area contributed by atoms with E-state index in [1.807, 2.05) is 28.7 Å². The van der Waals surface area contributed by atoms with E-state index in [-0.39, 0.29) is 12.0 Å². The third-order valence-electron chi connectivity index (χ3n) is 11.3. The first-order valence-corrected chi connectivity index (χ1v) is 20.8. The summed E-state index contributed by atoms with van der Waals surface area (Å²) in [6, 6.07) is 56.1. The van der Waals surface area contributed by atoms with Gasteiger partial charge in [0, 0.05) is 62.6 Å². The maximum Gasteiger partial charge on any atom is 0.164 e. The lowest BCUT2D eigenvalue weighted by Gasteiger charge is -2.22. The van der Waals surface area contributed by atoms with Gasteiger partial charge in [0.2, 0.25) is 0 Å². The summed E-state index contributed by atoms with van der Waals surface area (Å²) in [6.45, 7) is 0. The van der Waals surface area contributed by atoms with E-state index in [9.17, 15) is 0 Å². The molecule has 0 radical (unpaired) electrons. The molecule has 1 aliphatic carbocycles. The van der Waals surface area contributed by atoms with E-state index in [0.717, 1.165) is 39.1 Å². The summed E-state index contributed by atoms with van der Waals surface area (Å²) < 4.78 is 11.9. The number of nitrogens with zero attached hydrogens (tertiary/aromatic N) is 3. The normalized spacial score (nSPS) is 15.9. The van der Waals surface area contributed by atoms with E-state index in [1.54, 1.807) is 0 Å². The molecule has 12 rings (SSSR count). The highest BCUT2D eigenvalue weighted by Crippen LogP contribution is 2.50. The molecular weight excluding hydrogens is 735 g/mol. The Balaban J connectivity index is 0.980. The van der Waals surface area contributed by atoms with Crippen LogP contribution in [0.3, 0.4) is 0 Å². The highest BCUT2D eigenvalue weighted by molar-refractivity contribution is 7.26. The van der Waals surface area contributed by atoms with Gasteiger partial charge in [-0.3, -0.25) is 0 Å². The van der Waals surface area contributed by atoms with Crippen LogP contribution in [0.1, 0.15) is 17.3 Å². The monoisotopic (exact) mass is 765 g/mol. The molecule has 2 unspecified atom stereocenters. The van der Waals surface area contributed by atoms with Crippen LogP contribution in [0.15, 0.2) is 176 Å². The lowest BCUT2D eigenvalue weighted by Crippen LogP contribution is -2.20. The number of rotatable bonds is 5. The van der Waals surface area contributed by atoms with E-state index in [1.165, 1.54) is 51.5 Å². The molecule has 0 saturated heterocycles. The fraction of sp³-hybridized carbons (Fsp3) is 0.0392. The molecule has 7 aromatic carbocycles. The van der Waals surface area contributed by atoms with Crippen LogP contribution < -0.4 is 4.74 Å².